The number of carbonyl (C=O) groups is 3. The summed E-state index contributed by atoms with van der Waals surface area (Å²) in [5.74, 6) is -1.80. The second kappa shape index (κ2) is 8.28. The fraction of sp³-hybridized carbons (Fsp3) is 0.0769. The van der Waals surface area contributed by atoms with Crippen LogP contribution in [-0.2, 0) is 11.3 Å². The highest BCUT2D eigenvalue weighted by Gasteiger charge is 2.38. The van der Waals surface area contributed by atoms with Crippen molar-refractivity contribution in [3.05, 3.63) is 110 Å². The molecule has 0 unspecified atom stereocenters. The van der Waals surface area contributed by atoms with Crippen LogP contribution in [0, 0.1) is 6.92 Å². The summed E-state index contributed by atoms with van der Waals surface area (Å²) < 4.78 is 10.6. The van der Waals surface area contributed by atoms with E-state index in [0.29, 0.717) is 16.5 Å². The SMILES string of the molecule is Cc1ccc2c(COC(=O)c3ccc4c(c3)C(=O)N(c3ccccc3Cl)C4=O)cc(=O)oc2c1. The number of hydrogen-bond donors (Lipinski definition) is 0. The molecule has 0 bridgehead atoms. The van der Waals surface area contributed by atoms with Crippen LogP contribution in [0.2, 0.25) is 5.02 Å². The van der Waals surface area contributed by atoms with Gasteiger partial charge in [0, 0.05) is 17.0 Å². The van der Waals surface area contributed by atoms with E-state index in [-0.39, 0.29) is 34.0 Å². The van der Waals surface area contributed by atoms with E-state index in [1.807, 2.05) is 13.0 Å². The minimum atomic E-state index is -0.701. The topological polar surface area (TPSA) is 93.9 Å². The fourth-order valence-electron chi connectivity index (χ4n) is 3.90. The highest BCUT2D eigenvalue weighted by molar-refractivity contribution is 6.39. The Bertz CT molecular complexity index is 1570. The Morgan fingerprint density at radius 2 is 1.71 bits per heavy atom. The van der Waals surface area contributed by atoms with Crippen molar-refractivity contribution in [2.45, 2.75) is 13.5 Å². The molecule has 0 atom stereocenters. The van der Waals surface area contributed by atoms with Crippen molar-refractivity contribution < 1.29 is 23.5 Å². The maximum absolute atomic E-state index is 13.0. The molecular formula is C26H16ClNO6. The van der Waals surface area contributed by atoms with Gasteiger partial charge in [0.25, 0.3) is 11.8 Å². The number of esters is 1. The molecule has 1 aromatic heterocycles. The number of para-hydroxylation sites is 1. The molecule has 5 rings (SSSR count). The Morgan fingerprint density at radius 1 is 0.941 bits per heavy atom. The van der Waals surface area contributed by atoms with Crippen molar-refractivity contribution in [1.82, 2.24) is 0 Å². The Kier molecular flexibility index (Phi) is 5.26. The Hall–Kier alpha value is -4.23. The zero-order valence-corrected chi connectivity index (χ0v) is 18.6. The molecule has 2 amide bonds. The number of ether oxygens (including phenoxy) is 1. The molecule has 34 heavy (non-hydrogen) atoms. The van der Waals surface area contributed by atoms with Gasteiger partial charge < -0.3 is 9.15 Å². The van der Waals surface area contributed by atoms with E-state index in [9.17, 15) is 19.2 Å². The first-order chi connectivity index (χ1) is 16.3. The van der Waals surface area contributed by atoms with Gasteiger partial charge in [0.1, 0.15) is 12.2 Å². The van der Waals surface area contributed by atoms with Crippen LogP contribution >= 0.6 is 11.6 Å². The highest BCUT2D eigenvalue weighted by Crippen LogP contribution is 2.33. The van der Waals surface area contributed by atoms with Gasteiger partial charge in [-0.15, -0.1) is 0 Å². The van der Waals surface area contributed by atoms with Crippen molar-refractivity contribution in [2.75, 3.05) is 4.90 Å². The molecule has 3 aromatic carbocycles. The van der Waals surface area contributed by atoms with E-state index in [2.05, 4.69) is 0 Å². The van der Waals surface area contributed by atoms with E-state index < -0.39 is 23.4 Å². The second-order valence-electron chi connectivity index (χ2n) is 7.82. The average Bonchev–Trinajstić information content (AvgIpc) is 3.06. The average molecular weight is 474 g/mol. The van der Waals surface area contributed by atoms with Gasteiger partial charge >= 0.3 is 11.6 Å². The van der Waals surface area contributed by atoms with Gasteiger partial charge in [-0.1, -0.05) is 35.9 Å². The van der Waals surface area contributed by atoms with E-state index in [1.54, 1.807) is 36.4 Å². The number of amides is 2. The molecule has 0 radical (unpaired) electrons. The Morgan fingerprint density at radius 3 is 2.50 bits per heavy atom. The van der Waals surface area contributed by atoms with Crippen molar-refractivity contribution in [3.8, 4) is 0 Å². The van der Waals surface area contributed by atoms with E-state index >= 15 is 0 Å². The molecule has 0 saturated carbocycles. The zero-order valence-electron chi connectivity index (χ0n) is 17.8. The van der Waals surface area contributed by atoms with Gasteiger partial charge in [-0.25, -0.2) is 14.5 Å². The van der Waals surface area contributed by atoms with Crippen LogP contribution in [0.4, 0.5) is 5.69 Å². The number of aryl methyl sites for hydroxylation is 1. The van der Waals surface area contributed by atoms with Crippen molar-refractivity contribution in [2.24, 2.45) is 0 Å². The lowest BCUT2D eigenvalue weighted by Gasteiger charge is -2.15. The van der Waals surface area contributed by atoms with Gasteiger partial charge in [0.05, 0.1) is 27.4 Å². The molecule has 0 N–H and O–H groups in total. The molecule has 4 aromatic rings. The van der Waals surface area contributed by atoms with Gasteiger partial charge in [-0.05, 0) is 48.9 Å². The maximum Gasteiger partial charge on any atom is 0.338 e. The van der Waals surface area contributed by atoms with Crippen LogP contribution in [0.5, 0.6) is 0 Å². The lowest BCUT2D eigenvalue weighted by molar-refractivity contribution is 0.0473. The number of nitrogens with zero attached hydrogens (tertiary/aromatic N) is 1. The maximum atomic E-state index is 13.0. The first-order valence-electron chi connectivity index (χ1n) is 10.3. The fourth-order valence-corrected chi connectivity index (χ4v) is 4.12. The van der Waals surface area contributed by atoms with E-state index in [4.69, 9.17) is 20.8 Å². The van der Waals surface area contributed by atoms with E-state index in [0.717, 1.165) is 10.5 Å². The zero-order chi connectivity index (χ0) is 24.0. The molecule has 168 valence electrons. The third-order valence-electron chi connectivity index (χ3n) is 5.56. The minimum absolute atomic E-state index is 0.0839. The Balaban J connectivity index is 1.40. The molecule has 8 heteroatoms. The summed E-state index contributed by atoms with van der Waals surface area (Å²) >= 11 is 6.17. The lowest BCUT2D eigenvalue weighted by Crippen LogP contribution is -2.29. The summed E-state index contributed by atoms with van der Waals surface area (Å²) in [6.07, 6.45) is 0. The van der Waals surface area contributed by atoms with Crippen LogP contribution < -0.4 is 10.5 Å². The van der Waals surface area contributed by atoms with Crippen LogP contribution in [0.3, 0.4) is 0 Å². The van der Waals surface area contributed by atoms with Gasteiger partial charge in [0.2, 0.25) is 0 Å². The number of imide groups is 1. The standard InChI is InChI=1S/C26H16ClNO6/c1-14-6-8-17-16(12-23(29)34-22(17)10-14)13-33-26(32)15-7-9-18-19(11-15)25(31)28(24(18)30)21-5-3-2-4-20(21)27/h2-12H,13H2,1H3. The first-order valence-corrected chi connectivity index (χ1v) is 10.7. The largest absolute Gasteiger partial charge is 0.457 e. The minimum Gasteiger partial charge on any atom is -0.457 e. The van der Waals surface area contributed by atoms with Crippen molar-refractivity contribution >= 4 is 46.0 Å². The lowest BCUT2D eigenvalue weighted by atomic mass is 10.1. The summed E-state index contributed by atoms with van der Waals surface area (Å²) in [6.45, 7) is 1.71. The van der Waals surface area contributed by atoms with Crippen molar-refractivity contribution in [3.63, 3.8) is 0 Å². The number of hydrogen-bond acceptors (Lipinski definition) is 6. The quantitative estimate of drug-likeness (QED) is 0.237. The van der Waals surface area contributed by atoms with Crippen LogP contribution in [0.15, 0.2) is 75.9 Å². The Labute approximate surface area is 198 Å². The van der Waals surface area contributed by atoms with Crippen LogP contribution in [0.25, 0.3) is 11.0 Å². The third kappa shape index (κ3) is 3.66. The molecular weight excluding hydrogens is 458 g/mol. The molecule has 7 nitrogen and oxygen atoms in total. The first kappa shape index (κ1) is 21.6. The van der Waals surface area contributed by atoms with E-state index in [1.165, 1.54) is 24.3 Å². The summed E-state index contributed by atoms with van der Waals surface area (Å²) in [5, 5.41) is 0.912. The molecule has 0 aliphatic carbocycles. The summed E-state index contributed by atoms with van der Waals surface area (Å²) in [4.78, 5) is 51.4. The molecule has 1 aliphatic heterocycles. The third-order valence-corrected chi connectivity index (χ3v) is 5.88. The monoisotopic (exact) mass is 473 g/mol. The number of fused-ring (bicyclic) bond motifs is 2. The number of halogens is 1. The predicted molar refractivity (Wildman–Crippen MR) is 125 cm³/mol. The molecule has 2 heterocycles. The van der Waals surface area contributed by atoms with Crippen LogP contribution in [0.1, 0.15) is 42.2 Å². The number of benzene rings is 3. The molecule has 0 fully saturated rings. The predicted octanol–water partition coefficient (Wildman–Crippen LogP) is 4.91. The van der Waals surface area contributed by atoms with Gasteiger partial charge in [-0.2, -0.15) is 0 Å². The van der Waals surface area contributed by atoms with Gasteiger partial charge in [-0.3, -0.25) is 9.59 Å². The smallest absolute Gasteiger partial charge is 0.338 e. The summed E-state index contributed by atoms with van der Waals surface area (Å²) in [6, 6.07) is 17.3. The normalized spacial score (nSPS) is 12.8. The second-order valence-corrected chi connectivity index (χ2v) is 8.23. The van der Waals surface area contributed by atoms with Crippen LogP contribution in [-0.4, -0.2) is 17.8 Å². The summed E-state index contributed by atoms with van der Waals surface area (Å²) in [5.41, 5.74) is 1.90. The van der Waals surface area contributed by atoms with Gasteiger partial charge in [0.15, 0.2) is 0 Å². The molecule has 0 saturated heterocycles. The number of rotatable bonds is 4. The summed E-state index contributed by atoms with van der Waals surface area (Å²) in [7, 11) is 0. The van der Waals surface area contributed by atoms with Crippen molar-refractivity contribution in [1.29, 1.82) is 0 Å². The number of carbonyl (C=O) groups excluding carboxylic acids is 3. The number of anilines is 1. The molecule has 0 spiro atoms. The highest BCUT2D eigenvalue weighted by atomic mass is 35.5. The molecule has 1 aliphatic rings.